The third-order valence-corrected chi connectivity index (χ3v) is 6.12. The summed E-state index contributed by atoms with van der Waals surface area (Å²) in [7, 11) is -1.22. The van der Waals surface area contributed by atoms with Crippen molar-refractivity contribution in [3.63, 3.8) is 0 Å². The van der Waals surface area contributed by atoms with Crippen LogP contribution in [-0.4, -0.2) is 25.3 Å². The Hall–Kier alpha value is -2.11. The van der Waals surface area contributed by atoms with Gasteiger partial charge in [-0.3, -0.25) is 0 Å². The third-order valence-electron chi connectivity index (χ3n) is 4.73. The summed E-state index contributed by atoms with van der Waals surface area (Å²) in [4.78, 5) is 0. The first kappa shape index (κ1) is 17.7. The summed E-state index contributed by atoms with van der Waals surface area (Å²) in [5.74, 6) is 0.117. The standard InChI is InChI=1S/C20H24N2O2S/c1-16-18(19-10-6-7-11-20(19)22(16)2)12-14-21-25(23,24)15-13-17-8-4-3-5-9-17/h3-11,21H,12-15H2,1-2H3. The van der Waals surface area contributed by atoms with Crippen LogP contribution in [0.5, 0.6) is 0 Å². The second-order valence-electron chi connectivity index (χ2n) is 6.34. The first-order valence-corrected chi connectivity index (χ1v) is 10.2. The maximum atomic E-state index is 12.2. The molecule has 0 aliphatic rings. The van der Waals surface area contributed by atoms with Crippen molar-refractivity contribution in [2.45, 2.75) is 19.8 Å². The van der Waals surface area contributed by atoms with Crippen molar-refractivity contribution in [1.29, 1.82) is 0 Å². The highest BCUT2D eigenvalue weighted by Gasteiger charge is 2.14. The number of nitrogens with zero attached hydrogens (tertiary/aromatic N) is 1. The highest BCUT2D eigenvalue weighted by molar-refractivity contribution is 7.89. The molecule has 0 aliphatic carbocycles. The number of aryl methyl sites for hydroxylation is 2. The maximum absolute atomic E-state index is 12.2. The molecule has 25 heavy (non-hydrogen) atoms. The molecule has 0 spiro atoms. The van der Waals surface area contributed by atoms with Crippen LogP contribution < -0.4 is 4.72 Å². The molecule has 0 atom stereocenters. The Kier molecular flexibility index (Phi) is 5.25. The summed E-state index contributed by atoms with van der Waals surface area (Å²) in [5, 5.41) is 1.20. The van der Waals surface area contributed by atoms with Crippen LogP contribution in [0.3, 0.4) is 0 Å². The van der Waals surface area contributed by atoms with Gasteiger partial charge in [-0.1, -0.05) is 48.5 Å². The molecule has 0 radical (unpaired) electrons. The number of nitrogens with one attached hydrogen (secondary N) is 1. The molecule has 0 unspecified atom stereocenters. The smallest absolute Gasteiger partial charge is 0.211 e. The fraction of sp³-hybridized carbons (Fsp3) is 0.300. The van der Waals surface area contributed by atoms with E-state index < -0.39 is 10.0 Å². The fourth-order valence-corrected chi connectivity index (χ4v) is 4.28. The zero-order chi connectivity index (χ0) is 17.9. The predicted octanol–water partition coefficient (Wildman–Crippen LogP) is 3.19. The molecule has 1 heterocycles. The van der Waals surface area contributed by atoms with Gasteiger partial charge in [-0.25, -0.2) is 13.1 Å². The molecule has 0 aliphatic heterocycles. The van der Waals surface area contributed by atoms with E-state index in [9.17, 15) is 8.42 Å². The Balaban J connectivity index is 1.62. The molecule has 4 nitrogen and oxygen atoms in total. The van der Waals surface area contributed by atoms with Gasteiger partial charge in [0, 0.05) is 30.2 Å². The van der Waals surface area contributed by atoms with E-state index >= 15 is 0 Å². The summed E-state index contributed by atoms with van der Waals surface area (Å²) in [6.45, 7) is 2.51. The van der Waals surface area contributed by atoms with Crippen LogP contribution in [-0.2, 0) is 29.9 Å². The number of rotatable bonds is 7. The number of benzene rings is 2. The summed E-state index contributed by atoms with van der Waals surface area (Å²) in [6, 6.07) is 17.9. The van der Waals surface area contributed by atoms with Gasteiger partial charge in [-0.15, -0.1) is 0 Å². The van der Waals surface area contributed by atoms with Gasteiger partial charge in [-0.05, 0) is 37.0 Å². The maximum Gasteiger partial charge on any atom is 0.211 e. The molecule has 0 amide bonds. The molecule has 1 aromatic heterocycles. The number of para-hydroxylation sites is 1. The summed E-state index contributed by atoms with van der Waals surface area (Å²) in [6.07, 6.45) is 1.22. The van der Waals surface area contributed by atoms with Crippen LogP contribution in [0.1, 0.15) is 16.8 Å². The van der Waals surface area contributed by atoms with E-state index in [0.29, 0.717) is 19.4 Å². The predicted molar refractivity (Wildman–Crippen MR) is 103 cm³/mol. The number of aromatic nitrogens is 1. The fourth-order valence-electron chi connectivity index (χ4n) is 3.22. The van der Waals surface area contributed by atoms with Crippen LogP contribution >= 0.6 is 0 Å². The lowest BCUT2D eigenvalue weighted by Gasteiger charge is -2.07. The van der Waals surface area contributed by atoms with E-state index in [2.05, 4.69) is 28.3 Å². The summed E-state index contributed by atoms with van der Waals surface area (Å²) >= 11 is 0. The topological polar surface area (TPSA) is 51.1 Å². The molecule has 0 fully saturated rings. The molecule has 3 aromatic rings. The Morgan fingerprint density at radius 2 is 1.64 bits per heavy atom. The number of fused-ring (bicyclic) bond motifs is 1. The molecular formula is C20H24N2O2S. The van der Waals surface area contributed by atoms with E-state index in [4.69, 9.17) is 0 Å². The molecule has 0 saturated carbocycles. The molecular weight excluding hydrogens is 332 g/mol. The second kappa shape index (κ2) is 7.42. The quantitative estimate of drug-likeness (QED) is 0.707. The molecule has 1 N–H and O–H groups in total. The highest BCUT2D eigenvalue weighted by Crippen LogP contribution is 2.24. The van der Waals surface area contributed by atoms with E-state index in [1.807, 2.05) is 49.5 Å². The number of hydrogen-bond donors (Lipinski definition) is 1. The summed E-state index contributed by atoms with van der Waals surface area (Å²) < 4.78 is 29.4. The monoisotopic (exact) mass is 356 g/mol. The Morgan fingerprint density at radius 3 is 2.40 bits per heavy atom. The highest BCUT2D eigenvalue weighted by atomic mass is 32.2. The van der Waals surface area contributed by atoms with Gasteiger partial charge in [0.25, 0.3) is 0 Å². The molecule has 0 saturated heterocycles. The van der Waals surface area contributed by atoms with Crippen LogP contribution in [0.25, 0.3) is 10.9 Å². The second-order valence-corrected chi connectivity index (χ2v) is 8.27. The van der Waals surface area contributed by atoms with E-state index in [1.165, 1.54) is 22.2 Å². The van der Waals surface area contributed by atoms with Gasteiger partial charge in [0.05, 0.1) is 5.75 Å². The van der Waals surface area contributed by atoms with Crippen molar-refractivity contribution in [2.24, 2.45) is 7.05 Å². The van der Waals surface area contributed by atoms with Crippen LogP contribution in [0, 0.1) is 6.92 Å². The van der Waals surface area contributed by atoms with Crippen molar-refractivity contribution in [1.82, 2.24) is 9.29 Å². The van der Waals surface area contributed by atoms with Crippen molar-refractivity contribution < 1.29 is 8.42 Å². The number of hydrogen-bond acceptors (Lipinski definition) is 2. The Morgan fingerprint density at radius 1 is 0.960 bits per heavy atom. The van der Waals surface area contributed by atoms with E-state index in [0.717, 1.165) is 5.56 Å². The minimum atomic E-state index is -3.27. The van der Waals surface area contributed by atoms with Gasteiger partial charge in [0.2, 0.25) is 10.0 Å². The van der Waals surface area contributed by atoms with E-state index in [-0.39, 0.29) is 5.75 Å². The molecule has 132 valence electrons. The van der Waals surface area contributed by atoms with Crippen LogP contribution in [0.2, 0.25) is 0 Å². The first-order chi connectivity index (χ1) is 12.0. The minimum absolute atomic E-state index is 0.117. The van der Waals surface area contributed by atoms with Crippen LogP contribution in [0.4, 0.5) is 0 Å². The molecule has 5 heteroatoms. The molecule has 0 bridgehead atoms. The minimum Gasteiger partial charge on any atom is -0.348 e. The largest absolute Gasteiger partial charge is 0.348 e. The van der Waals surface area contributed by atoms with Gasteiger partial charge in [-0.2, -0.15) is 0 Å². The Bertz CT molecular complexity index is 960. The average Bonchev–Trinajstić information content (AvgIpc) is 2.86. The number of sulfonamides is 1. The van der Waals surface area contributed by atoms with E-state index in [1.54, 1.807) is 0 Å². The van der Waals surface area contributed by atoms with Gasteiger partial charge in [0.15, 0.2) is 0 Å². The zero-order valence-electron chi connectivity index (χ0n) is 14.7. The van der Waals surface area contributed by atoms with Gasteiger partial charge in [0.1, 0.15) is 0 Å². The third kappa shape index (κ3) is 4.11. The normalized spacial score (nSPS) is 11.9. The Labute approximate surface area is 149 Å². The first-order valence-electron chi connectivity index (χ1n) is 8.52. The van der Waals surface area contributed by atoms with Crippen molar-refractivity contribution >= 4 is 20.9 Å². The zero-order valence-corrected chi connectivity index (χ0v) is 15.5. The lowest BCUT2D eigenvalue weighted by molar-refractivity contribution is 0.581. The lowest BCUT2D eigenvalue weighted by atomic mass is 10.1. The van der Waals surface area contributed by atoms with Crippen molar-refractivity contribution in [2.75, 3.05) is 12.3 Å². The van der Waals surface area contributed by atoms with Gasteiger partial charge < -0.3 is 4.57 Å². The lowest BCUT2D eigenvalue weighted by Crippen LogP contribution is -2.29. The van der Waals surface area contributed by atoms with Crippen LogP contribution in [0.15, 0.2) is 54.6 Å². The summed E-state index contributed by atoms with van der Waals surface area (Å²) in [5.41, 5.74) is 4.62. The molecule has 2 aromatic carbocycles. The molecule has 3 rings (SSSR count). The van der Waals surface area contributed by atoms with Crippen molar-refractivity contribution in [3.8, 4) is 0 Å². The van der Waals surface area contributed by atoms with Crippen molar-refractivity contribution in [3.05, 3.63) is 71.4 Å². The SMILES string of the molecule is Cc1c(CCNS(=O)(=O)CCc2ccccc2)c2ccccc2n1C. The van der Waals surface area contributed by atoms with Gasteiger partial charge >= 0.3 is 0 Å². The average molecular weight is 356 g/mol.